The van der Waals surface area contributed by atoms with Crippen LogP contribution in [0.2, 0.25) is 0 Å². The minimum atomic E-state index is -4.54. The maximum atomic E-state index is 12.8. The lowest BCUT2D eigenvalue weighted by molar-refractivity contribution is -0.138. The molecule has 0 saturated carbocycles. The number of aromatic nitrogens is 2. The lowest BCUT2D eigenvalue weighted by Gasteiger charge is -2.12. The topological polar surface area (TPSA) is 61.0 Å². The Balaban J connectivity index is 2.38. The molecule has 0 fully saturated rings. The number of aryl methyl sites for hydroxylation is 1. The third-order valence-electron chi connectivity index (χ3n) is 2.02. The number of anilines is 1. The van der Waals surface area contributed by atoms with Crippen molar-refractivity contribution >= 4 is 17.2 Å². The summed E-state index contributed by atoms with van der Waals surface area (Å²) in [5.41, 5.74) is 4.42. The second-order valence-corrected chi connectivity index (χ2v) is 4.18. The number of halogens is 3. The van der Waals surface area contributed by atoms with Gasteiger partial charge in [0.05, 0.1) is 0 Å². The number of alkyl halides is 3. The zero-order valence-electron chi connectivity index (χ0n) is 9.15. The summed E-state index contributed by atoms with van der Waals surface area (Å²) in [4.78, 5) is 3.84. The summed E-state index contributed by atoms with van der Waals surface area (Å²) >= 11 is 0.886. The highest BCUT2D eigenvalue weighted by molar-refractivity contribution is 7.07. The number of hydrogen-bond acceptors (Lipinski definition) is 5. The highest BCUT2D eigenvalue weighted by Crippen LogP contribution is 2.39. The highest BCUT2D eigenvalue weighted by atomic mass is 32.1. The number of rotatable bonds is 2. The summed E-state index contributed by atoms with van der Waals surface area (Å²) in [5.74, 6) is 0.104. The fraction of sp³-hybridized carbons (Fsp3) is 0.200. The van der Waals surface area contributed by atoms with Crippen molar-refractivity contribution in [2.24, 2.45) is 0 Å². The van der Waals surface area contributed by atoms with Crippen LogP contribution in [0.1, 0.15) is 11.4 Å². The van der Waals surface area contributed by atoms with Gasteiger partial charge in [-0.25, -0.2) is 0 Å². The van der Waals surface area contributed by atoms with E-state index in [0.717, 1.165) is 23.7 Å². The maximum Gasteiger partial charge on any atom is 0.420 e. The van der Waals surface area contributed by atoms with Crippen molar-refractivity contribution in [2.75, 3.05) is 5.73 Å². The van der Waals surface area contributed by atoms with Crippen LogP contribution >= 0.6 is 11.5 Å². The molecule has 0 aliphatic carbocycles. The number of benzene rings is 1. The monoisotopic (exact) mass is 275 g/mol. The first-order valence-electron chi connectivity index (χ1n) is 4.81. The quantitative estimate of drug-likeness (QED) is 0.855. The number of hydrogen-bond donors (Lipinski definition) is 1. The molecule has 0 radical (unpaired) electrons. The van der Waals surface area contributed by atoms with E-state index in [1.54, 1.807) is 6.92 Å². The average Bonchev–Trinajstić information content (AvgIpc) is 2.65. The Morgan fingerprint density at radius 1 is 1.33 bits per heavy atom. The Hall–Kier alpha value is -1.83. The van der Waals surface area contributed by atoms with Gasteiger partial charge in [-0.05, 0) is 25.1 Å². The molecule has 0 bridgehead atoms. The number of nitrogen functional groups attached to an aromatic ring is 1. The molecule has 96 valence electrons. The van der Waals surface area contributed by atoms with Crippen LogP contribution in [0.15, 0.2) is 18.2 Å². The first kappa shape index (κ1) is 12.6. The Bertz CT molecular complexity index is 568. The van der Waals surface area contributed by atoms with E-state index in [9.17, 15) is 13.2 Å². The molecule has 2 N–H and O–H groups in total. The van der Waals surface area contributed by atoms with Crippen LogP contribution in [0.4, 0.5) is 18.9 Å². The summed E-state index contributed by atoms with van der Waals surface area (Å²) in [7, 11) is 0. The van der Waals surface area contributed by atoms with E-state index >= 15 is 0 Å². The minimum absolute atomic E-state index is 0.0168. The zero-order valence-corrected chi connectivity index (χ0v) is 9.97. The van der Waals surface area contributed by atoms with E-state index in [-0.39, 0.29) is 16.6 Å². The predicted octanol–water partition coefficient (Wildman–Crippen LogP) is 3.24. The number of nitrogens with two attached hydrogens (primary N) is 1. The molecule has 18 heavy (non-hydrogen) atoms. The van der Waals surface area contributed by atoms with Crippen LogP contribution in [0.5, 0.6) is 10.9 Å². The fourth-order valence-corrected chi connectivity index (χ4v) is 1.82. The summed E-state index contributed by atoms with van der Waals surface area (Å²) in [6, 6.07) is 3.32. The SMILES string of the molecule is Cc1nsc(Oc2ccc(N)cc2C(F)(F)F)n1. The van der Waals surface area contributed by atoms with Gasteiger partial charge < -0.3 is 10.5 Å². The Labute approximate surface area is 104 Å². The molecule has 8 heteroatoms. The largest absolute Gasteiger partial charge is 0.429 e. The second-order valence-electron chi connectivity index (χ2n) is 3.46. The van der Waals surface area contributed by atoms with Crippen LogP contribution in [0.3, 0.4) is 0 Å². The standard InChI is InChI=1S/C10H8F3N3OS/c1-5-15-9(18-16-5)17-8-3-2-6(14)4-7(8)10(11,12)13/h2-4H,14H2,1H3. The lowest BCUT2D eigenvalue weighted by Crippen LogP contribution is -2.08. The normalized spacial score (nSPS) is 11.6. The van der Waals surface area contributed by atoms with E-state index in [1.165, 1.54) is 6.07 Å². The summed E-state index contributed by atoms with van der Waals surface area (Å²) in [6.07, 6.45) is -4.54. The van der Waals surface area contributed by atoms with Crippen molar-refractivity contribution in [2.45, 2.75) is 13.1 Å². The molecule has 0 aliphatic rings. The van der Waals surface area contributed by atoms with Gasteiger partial charge in [-0.1, -0.05) is 0 Å². The third-order valence-corrected chi connectivity index (χ3v) is 2.70. The van der Waals surface area contributed by atoms with Crippen LogP contribution < -0.4 is 10.5 Å². The van der Waals surface area contributed by atoms with Crippen molar-refractivity contribution in [1.82, 2.24) is 9.36 Å². The average molecular weight is 275 g/mol. The van der Waals surface area contributed by atoms with Crippen LogP contribution in [-0.4, -0.2) is 9.36 Å². The third kappa shape index (κ3) is 2.70. The second kappa shape index (κ2) is 4.45. The first-order valence-corrected chi connectivity index (χ1v) is 5.58. The van der Waals surface area contributed by atoms with Crippen LogP contribution in [-0.2, 0) is 6.18 Å². The van der Waals surface area contributed by atoms with Crippen molar-refractivity contribution in [3.63, 3.8) is 0 Å². The van der Waals surface area contributed by atoms with Gasteiger partial charge >= 0.3 is 6.18 Å². The molecular formula is C10H8F3N3OS. The molecule has 0 saturated heterocycles. The summed E-state index contributed by atoms with van der Waals surface area (Å²) in [5, 5.41) is 0.0581. The Kier molecular flexibility index (Phi) is 3.12. The molecule has 2 aromatic rings. The Morgan fingerprint density at radius 2 is 2.06 bits per heavy atom. The Morgan fingerprint density at radius 3 is 2.61 bits per heavy atom. The van der Waals surface area contributed by atoms with Gasteiger partial charge in [0.1, 0.15) is 17.1 Å². The van der Waals surface area contributed by atoms with E-state index in [1.807, 2.05) is 0 Å². The van der Waals surface area contributed by atoms with Gasteiger partial charge in [0.25, 0.3) is 5.19 Å². The molecule has 4 nitrogen and oxygen atoms in total. The molecule has 1 heterocycles. The summed E-state index contributed by atoms with van der Waals surface area (Å²) in [6.45, 7) is 1.62. The molecular weight excluding hydrogens is 267 g/mol. The molecule has 0 spiro atoms. The van der Waals surface area contributed by atoms with Crippen LogP contribution in [0, 0.1) is 6.92 Å². The van der Waals surface area contributed by atoms with Gasteiger partial charge in [-0.2, -0.15) is 22.5 Å². The lowest BCUT2D eigenvalue weighted by atomic mass is 10.1. The van der Waals surface area contributed by atoms with Crippen molar-refractivity contribution in [3.05, 3.63) is 29.6 Å². The summed E-state index contributed by atoms with van der Waals surface area (Å²) < 4.78 is 47.2. The van der Waals surface area contributed by atoms with Crippen molar-refractivity contribution in [3.8, 4) is 10.9 Å². The van der Waals surface area contributed by atoms with Gasteiger partial charge in [-0.15, -0.1) is 0 Å². The van der Waals surface area contributed by atoms with Gasteiger partial charge in [0.2, 0.25) is 0 Å². The first-order chi connectivity index (χ1) is 8.36. The van der Waals surface area contributed by atoms with E-state index in [4.69, 9.17) is 10.5 Å². The molecule has 0 amide bonds. The highest BCUT2D eigenvalue weighted by Gasteiger charge is 2.35. The number of ether oxygens (including phenoxy) is 1. The van der Waals surface area contributed by atoms with Gasteiger partial charge in [0, 0.05) is 17.2 Å². The molecule has 2 rings (SSSR count). The van der Waals surface area contributed by atoms with Crippen molar-refractivity contribution < 1.29 is 17.9 Å². The minimum Gasteiger partial charge on any atom is -0.429 e. The molecule has 1 aromatic heterocycles. The maximum absolute atomic E-state index is 12.8. The smallest absolute Gasteiger partial charge is 0.420 e. The van der Waals surface area contributed by atoms with Gasteiger partial charge in [0.15, 0.2) is 0 Å². The van der Waals surface area contributed by atoms with Crippen LogP contribution in [0.25, 0.3) is 0 Å². The van der Waals surface area contributed by atoms with E-state index in [2.05, 4.69) is 9.36 Å². The zero-order chi connectivity index (χ0) is 13.3. The fourth-order valence-electron chi connectivity index (χ4n) is 1.27. The molecule has 0 unspecified atom stereocenters. The van der Waals surface area contributed by atoms with E-state index < -0.39 is 11.7 Å². The van der Waals surface area contributed by atoms with E-state index in [0.29, 0.717) is 5.82 Å². The molecule has 0 atom stereocenters. The molecule has 0 aliphatic heterocycles. The number of nitrogens with zero attached hydrogens (tertiary/aromatic N) is 2. The molecule has 1 aromatic carbocycles. The van der Waals surface area contributed by atoms with Crippen molar-refractivity contribution in [1.29, 1.82) is 0 Å². The predicted molar refractivity (Wildman–Crippen MR) is 60.6 cm³/mol. The van der Waals surface area contributed by atoms with Gasteiger partial charge in [-0.3, -0.25) is 0 Å².